The molecule has 0 aromatic carbocycles. The first-order valence-electron chi connectivity index (χ1n) is 1.84. The first kappa shape index (κ1) is 5.02. The predicted octanol–water partition coefficient (Wildman–Crippen LogP) is 0.785. The van der Waals surface area contributed by atoms with Gasteiger partial charge in [-0.15, -0.1) is 5.10 Å². The van der Waals surface area contributed by atoms with Crippen molar-refractivity contribution in [1.29, 1.82) is 0 Å². The lowest BCUT2D eigenvalue weighted by Gasteiger charge is -1.80. The van der Waals surface area contributed by atoms with Gasteiger partial charge in [0.25, 0.3) is 0 Å². The lowest BCUT2D eigenvalue weighted by atomic mass is 10.6. The second-order valence-corrected chi connectivity index (χ2v) is 2.15. The average Bonchev–Trinajstić information content (AvgIpc) is 1.91. The average molecular weight is 209 g/mol. The molecule has 0 aliphatic rings. The summed E-state index contributed by atoms with van der Waals surface area (Å²) < 4.78 is 1.69. The minimum Gasteiger partial charge on any atom is -0.189 e. The maximum Gasteiger partial charge on any atom is 0.0866 e. The maximum atomic E-state index is 3.67. The van der Waals surface area contributed by atoms with Crippen LogP contribution in [-0.4, -0.2) is 13.2 Å². The Hall–Kier alpha value is -0.130. The highest BCUT2D eigenvalue weighted by molar-refractivity contribution is 14.1. The highest BCUT2D eigenvalue weighted by atomic mass is 127. The monoisotopic (exact) mass is 209 g/mol. The molecule has 0 saturated heterocycles. The van der Waals surface area contributed by atoms with Crippen molar-refractivity contribution in [2.75, 3.05) is 0 Å². The molecule has 0 saturated carbocycles. The van der Waals surface area contributed by atoms with Gasteiger partial charge in [0.05, 0.1) is 34.8 Å². The molecule has 0 unspecified atom stereocenters. The van der Waals surface area contributed by atoms with E-state index < -0.39 is 0 Å². The smallest absolute Gasteiger partial charge is 0.0866 e. The van der Waals surface area contributed by atoms with E-state index in [0.717, 1.165) is 5.69 Å². The van der Waals surface area contributed by atoms with Crippen molar-refractivity contribution in [1.82, 2.24) is 13.2 Å². The molecule has 4 heteroatoms. The third-order valence-electron chi connectivity index (χ3n) is 0.666. The highest BCUT2D eigenvalue weighted by Crippen LogP contribution is 1.95. The predicted molar refractivity (Wildman–Crippen MR) is 34.2 cm³/mol. The summed E-state index contributed by atoms with van der Waals surface area (Å²) in [4.78, 5) is 0. The minimum absolute atomic E-state index is 1.07. The molecule has 1 heterocycles. The SMILES string of the molecule is Cc1cnnn1I. The van der Waals surface area contributed by atoms with Gasteiger partial charge in [0, 0.05) is 0 Å². The standard InChI is InChI=1S/C3H4IN3/c1-3-2-5-6-7(3)4/h2H,1H3. The van der Waals surface area contributed by atoms with Crippen molar-refractivity contribution < 1.29 is 0 Å². The summed E-state index contributed by atoms with van der Waals surface area (Å²) >= 11 is 2.06. The van der Waals surface area contributed by atoms with Crippen LogP contribution in [-0.2, 0) is 0 Å². The van der Waals surface area contributed by atoms with E-state index in [1.165, 1.54) is 0 Å². The summed E-state index contributed by atoms with van der Waals surface area (Å²) in [5, 5.41) is 7.30. The Labute approximate surface area is 55.2 Å². The Bertz CT molecular complexity index is 142. The van der Waals surface area contributed by atoms with Crippen LogP contribution in [0.2, 0.25) is 0 Å². The Morgan fingerprint density at radius 2 is 2.57 bits per heavy atom. The first-order chi connectivity index (χ1) is 3.30. The van der Waals surface area contributed by atoms with E-state index in [0.29, 0.717) is 0 Å². The number of aromatic nitrogens is 3. The number of nitrogens with zero attached hydrogens (tertiary/aromatic N) is 3. The number of aryl methyl sites for hydroxylation is 1. The molecule has 0 fully saturated rings. The van der Waals surface area contributed by atoms with Crippen LogP contribution in [0.25, 0.3) is 0 Å². The fourth-order valence-electron chi connectivity index (χ4n) is 0.273. The zero-order chi connectivity index (χ0) is 5.28. The second kappa shape index (κ2) is 1.77. The van der Waals surface area contributed by atoms with Gasteiger partial charge in [-0.1, -0.05) is 5.21 Å². The van der Waals surface area contributed by atoms with Gasteiger partial charge >= 0.3 is 0 Å². The van der Waals surface area contributed by atoms with Crippen LogP contribution >= 0.6 is 22.9 Å². The molecule has 0 spiro atoms. The Morgan fingerprint density at radius 1 is 1.86 bits per heavy atom. The summed E-state index contributed by atoms with van der Waals surface area (Å²) in [6.07, 6.45) is 1.71. The van der Waals surface area contributed by atoms with Crippen molar-refractivity contribution in [3.8, 4) is 0 Å². The Balaban J connectivity index is 3.12. The van der Waals surface area contributed by atoms with Crippen LogP contribution in [0.4, 0.5) is 0 Å². The zero-order valence-electron chi connectivity index (χ0n) is 3.80. The molecule has 1 aromatic heterocycles. The van der Waals surface area contributed by atoms with E-state index in [4.69, 9.17) is 0 Å². The number of halogens is 1. The molecular weight excluding hydrogens is 205 g/mol. The van der Waals surface area contributed by atoms with Gasteiger partial charge in [-0.25, -0.2) is 0 Å². The van der Waals surface area contributed by atoms with Gasteiger partial charge in [0.1, 0.15) is 0 Å². The van der Waals surface area contributed by atoms with Crippen LogP contribution in [0, 0.1) is 6.92 Å². The summed E-state index contributed by atoms with van der Waals surface area (Å²) in [5.74, 6) is 0. The van der Waals surface area contributed by atoms with Gasteiger partial charge in [-0.05, 0) is 6.92 Å². The van der Waals surface area contributed by atoms with Crippen LogP contribution in [0.1, 0.15) is 5.69 Å². The molecule has 0 amide bonds. The van der Waals surface area contributed by atoms with Gasteiger partial charge in [0.15, 0.2) is 0 Å². The summed E-state index contributed by atoms with van der Waals surface area (Å²) in [6.45, 7) is 1.95. The van der Waals surface area contributed by atoms with Crippen LogP contribution < -0.4 is 0 Å². The van der Waals surface area contributed by atoms with Crippen LogP contribution in [0.5, 0.6) is 0 Å². The third-order valence-corrected chi connectivity index (χ3v) is 1.62. The van der Waals surface area contributed by atoms with Gasteiger partial charge < -0.3 is 0 Å². The fourth-order valence-corrected chi connectivity index (χ4v) is 0.509. The van der Waals surface area contributed by atoms with E-state index >= 15 is 0 Å². The lowest BCUT2D eigenvalue weighted by molar-refractivity contribution is 0.905. The molecule has 0 N–H and O–H groups in total. The third kappa shape index (κ3) is 0.902. The van der Waals surface area contributed by atoms with Crippen molar-refractivity contribution in [3.05, 3.63) is 11.9 Å². The molecule has 0 aliphatic heterocycles. The summed E-state index contributed by atoms with van der Waals surface area (Å²) in [6, 6.07) is 0. The number of hydrogen-bond acceptors (Lipinski definition) is 2. The zero-order valence-corrected chi connectivity index (χ0v) is 5.95. The lowest BCUT2D eigenvalue weighted by Crippen LogP contribution is -1.81. The highest BCUT2D eigenvalue weighted by Gasteiger charge is 1.87. The normalized spacial score (nSPS) is 9.43. The minimum atomic E-state index is 1.07. The van der Waals surface area contributed by atoms with Crippen LogP contribution in [0.3, 0.4) is 0 Å². The Morgan fingerprint density at radius 3 is 2.71 bits per heavy atom. The number of hydrogen-bond donors (Lipinski definition) is 0. The van der Waals surface area contributed by atoms with Crippen molar-refractivity contribution in [2.24, 2.45) is 0 Å². The van der Waals surface area contributed by atoms with Crippen LogP contribution in [0.15, 0.2) is 6.20 Å². The molecule has 0 aliphatic carbocycles. The molecule has 38 valence electrons. The maximum absolute atomic E-state index is 3.67. The number of rotatable bonds is 0. The topological polar surface area (TPSA) is 30.7 Å². The molecule has 0 atom stereocenters. The first-order valence-corrected chi connectivity index (χ1v) is 2.80. The molecule has 0 radical (unpaired) electrons. The van der Waals surface area contributed by atoms with Crippen molar-refractivity contribution >= 4 is 22.9 Å². The summed E-state index contributed by atoms with van der Waals surface area (Å²) in [7, 11) is 0. The largest absolute Gasteiger partial charge is 0.189 e. The van der Waals surface area contributed by atoms with Gasteiger partial charge in [-0.2, -0.15) is 2.90 Å². The summed E-state index contributed by atoms with van der Waals surface area (Å²) in [5.41, 5.74) is 1.07. The van der Waals surface area contributed by atoms with E-state index in [9.17, 15) is 0 Å². The molecule has 1 rings (SSSR count). The van der Waals surface area contributed by atoms with E-state index in [1.807, 2.05) is 6.92 Å². The fraction of sp³-hybridized carbons (Fsp3) is 0.333. The second-order valence-electron chi connectivity index (χ2n) is 1.24. The van der Waals surface area contributed by atoms with Gasteiger partial charge in [-0.3, -0.25) is 0 Å². The molecule has 7 heavy (non-hydrogen) atoms. The molecule has 0 bridgehead atoms. The molecular formula is C3H4IN3. The van der Waals surface area contributed by atoms with Crippen molar-refractivity contribution in [2.45, 2.75) is 6.92 Å². The van der Waals surface area contributed by atoms with E-state index in [1.54, 1.807) is 9.09 Å². The van der Waals surface area contributed by atoms with E-state index in [-0.39, 0.29) is 0 Å². The molecule has 1 aromatic rings. The quantitative estimate of drug-likeness (QED) is 0.591. The molecule has 3 nitrogen and oxygen atoms in total. The van der Waals surface area contributed by atoms with Gasteiger partial charge in [0.2, 0.25) is 0 Å². The van der Waals surface area contributed by atoms with E-state index in [2.05, 4.69) is 33.2 Å². The van der Waals surface area contributed by atoms with Crippen molar-refractivity contribution in [3.63, 3.8) is 0 Å². The Kier molecular flexibility index (Phi) is 1.27.